The summed E-state index contributed by atoms with van der Waals surface area (Å²) in [6.07, 6.45) is 0.969. The van der Waals surface area contributed by atoms with Gasteiger partial charge in [0.25, 0.3) is 0 Å². The molecule has 0 unspecified atom stereocenters. The lowest BCUT2D eigenvalue weighted by Gasteiger charge is -2.47. The van der Waals surface area contributed by atoms with Crippen LogP contribution in [0.1, 0.15) is 57.6 Å². The molecular formula is C32H38F3NO6S. The quantitative estimate of drug-likeness (QED) is 0.331. The highest BCUT2D eigenvalue weighted by molar-refractivity contribution is 7.87. The summed E-state index contributed by atoms with van der Waals surface area (Å²) in [5.41, 5.74) is -0.161. The average molecular weight is 622 g/mol. The molecule has 9 atom stereocenters. The summed E-state index contributed by atoms with van der Waals surface area (Å²) >= 11 is 0. The molecular weight excluding hydrogens is 583 g/mol. The van der Waals surface area contributed by atoms with Crippen molar-refractivity contribution in [2.75, 3.05) is 26.5 Å². The number of benzene rings is 1. The standard InChI is InChI=1S/C32H38F3NO6S/c1-28(2)19-8-10-30(28,24(14-19)42-27(38)32(33,34)35)16-43(39)31-20-7-6-18(12-20)25(31)29(3)21-15-23(41-5)22(40-4)13-17(21)9-11-36(29)26(31)37/h6-7,13,15,18-20,24-25H,8-12,14,16H2,1-5H3/t18-,19-,20+,24-,25+,29+,30-,31-,43-/m1/s1. The monoisotopic (exact) mass is 621 g/mol. The van der Waals surface area contributed by atoms with Crippen molar-refractivity contribution >= 4 is 22.7 Å². The molecule has 6 aliphatic rings. The second-order valence-corrected chi connectivity index (χ2v) is 15.8. The predicted octanol–water partition coefficient (Wildman–Crippen LogP) is 4.93. The van der Waals surface area contributed by atoms with E-state index in [9.17, 15) is 22.8 Å². The zero-order valence-electron chi connectivity index (χ0n) is 25.1. The van der Waals surface area contributed by atoms with Crippen molar-refractivity contribution in [3.05, 3.63) is 35.4 Å². The molecule has 0 aromatic heterocycles. The molecule has 4 fully saturated rings. The molecule has 43 heavy (non-hydrogen) atoms. The Labute approximate surface area is 251 Å². The van der Waals surface area contributed by atoms with Crippen LogP contribution in [0.25, 0.3) is 0 Å². The van der Waals surface area contributed by atoms with Gasteiger partial charge in [0.05, 0.1) is 19.8 Å². The molecule has 4 bridgehead atoms. The number of methoxy groups -OCH3 is 2. The van der Waals surface area contributed by atoms with Gasteiger partial charge in [0.15, 0.2) is 11.5 Å². The van der Waals surface area contributed by atoms with Gasteiger partial charge in [-0.1, -0.05) is 26.0 Å². The van der Waals surface area contributed by atoms with Crippen molar-refractivity contribution in [3.8, 4) is 11.5 Å². The van der Waals surface area contributed by atoms with Crippen molar-refractivity contribution in [2.24, 2.45) is 34.5 Å². The van der Waals surface area contributed by atoms with Crippen LogP contribution in [0.3, 0.4) is 0 Å². The number of rotatable bonds is 6. The largest absolute Gasteiger partial charge is 0.493 e. The maximum absolute atomic E-state index is 15.1. The molecule has 234 valence electrons. The van der Waals surface area contributed by atoms with Crippen LogP contribution in [-0.2, 0) is 37.1 Å². The second-order valence-electron chi connectivity index (χ2n) is 14.1. The topological polar surface area (TPSA) is 82.1 Å². The first-order chi connectivity index (χ1) is 20.2. The number of amides is 1. The Morgan fingerprint density at radius 3 is 2.44 bits per heavy atom. The third-order valence-corrected chi connectivity index (χ3v) is 14.9. The fraction of sp³-hybridized carbons (Fsp3) is 0.688. The minimum absolute atomic E-state index is 0.0221. The number of hydrogen-bond donors (Lipinski definition) is 0. The number of halogens is 3. The Hall–Kier alpha value is -2.56. The summed E-state index contributed by atoms with van der Waals surface area (Å²) in [6, 6.07) is 3.93. The summed E-state index contributed by atoms with van der Waals surface area (Å²) in [5, 5.41) is 0. The molecule has 1 aromatic carbocycles. The van der Waals surface area contributed by atoms with E-state index in [-0.39, 0.29) is 35.3 Å². The number of ether oxygens (including phenoxy) is 3. The van der Waals surface area contributed by atoms with Gasteiger partial charge in [0, 0.05) is 40.3 Å². The Morgan fingerprint density at radius 2 is 1.79 bits per heavy atom. The normalized spacial score (nSPS) is 40.3. The van der Waals surface area contributed by atoms with Crippen molar-refractivity contribution in [3.63, 3.8) is 0 Å². The third-order valence-electron chi connectivity index (χ3n) is 12.7. The number of alkyl halides is 3. The molecule has 7 rings (SSSR count). The van der Waals surface area contributed by atoms with E-state index in [1.165, 1.54) is 0 Å². The summed E-state index contributed by atoms with van der Waals surface area (Å²) < 4.78 is 70.3. The van der Waals surface area contributed by atoms with E-state index in [1.54, 1.807) is 14.2 Å². The maximum Gasteiger partial charge on any atom is 0.490 e. The summed E-state index contributed by atoms with van der Waals surface area (Å²) in [5.74, 6) is -1.61. The van der Waals surface area contributed by atoms with Crippen molar-refractivity contribution in [2.45, 2.75) is 75.4 Å². The van der Waals surface area contributed by atoms with E-state index in [0.29, 0.717) is 43.7 Å². The Kier molecular flexibility index (Phi) is 6.11. The van der Waals surface area contributed by atoms with Gasteiger partial charge in [-0.15, -0.1) is 0 Å². The van der Waals surface area contributed by atoms with E-state index in [0.717, 1.165) is 17.5 Å². The van der Waals surface area contributed by atoms with Gasteiger partial charge in [0.1, 0.15) is 10.9 Å². The highest BCUT2D eigenvalue weighted by atomic mass is 32.2. The predicted molar refractivity (Wildman–Crippen MR) is 152 cm³/mol. The summed E-state index contributed by atoms with van der Waals surface area (Å²) in [7, 11) is 1.40. The van der Waals surface area contributed by atoms with Crippen LogP contribution in [0.2, 0.25) is 0 Å². The average Bonchev–Trinajstić information content (AvgIpc) is 3.71. The number of hydrogen-bond acceptors (Lipinski definition) is 6. The Balaban J connectivity index is 1.32. The van der Waals surface area contributed by atoms with Crippen LogP contribution in [0.15, 0.2) is 24.3 Å². The van der Waals surface area contributed by atoms with E-state index < -0.39 is 50.2 Å². The number of carbonyl (C=O) groups excluding carboxylic acids is 2. The van der Waals surface area contributed by atoms with Gasteiger partial charge in [-0.3, -0.25) is 9.00 Å². The first-order valence-corrected chi connectivity index (χ1v) is 16.4. The SMILES string of the molecule is COc1cc2c(cc1OC)[C@@]1(C)[C@@H]3[C@@H]4C=C[C@@H](C4)[C@]3([S@](=O)C[C@]34CC[C@H](C[C@H]3OC(=O)C(F)(F)F)C4(C)C)C(=O)N1CC2. The number of esters is 1. The Morgan fingerprint density at radius 1 is 1.09 bits per heavy atom. The van der Waals surface area contributed by atoms with E-state index in [1.807, 2.05) is 37.0 Å². The molecule has 2 aliphatic heterocycles. The lowest BCUT2D eigenvalue weighted by atomic mass is 9.68. The van der Waals surface area contributed by atoms with Crippen LogP contribution in [0.4, 0.5) is 13.2 Å². The van der Waals surface area contributed by atoms with Crippen molar-refractivity contribution < 1.29 is 41.2 Å². The first kappa shape index (κ1) is 29.2. The number of carbonyl (C=O) groups is 2. The van der Waals surface area contributed by atoms with Crippen LogP contribution in [0, 0.1) is 34.5 Å². The van der Waals surface area contributed by atoms with Crippen molar-refractivity contribution in [1.82, 2.24) is 4.90 Å². The zero-order valence-corrected chi connectivity index (χ0v) is 25.9. The highest BCUT2D eigenvalue weighted by Gasteiger charge is 2.78. The lowest BCUT2D eigenvalue weighted by Crippen LogP contribution is -2.56. The molecule has 1 aromatic rings. The number of nitrogens with zero attached hydrogens (tertiary/aromatic N) is 1. The molecule has 2 heterocycles. The van der Waals surface area contributed by atoms with E-state index in [2.05, 4.69) is 13.0 Å². The first-order valence-electron chi connectivity index (χ1n) is 15.1. The van der Waals surface area contributed by atoms with Gasteiger partial charge in [-0.25, -0.2) is 4.79 Å². The van der Waals surface area contributed by atoms with Crippen molar-refractivity contribution in [1.29, 1.82) is 0 Å². The van der Waals surface area contributed by atoms with Gasteiger partial charge < -0.3 is 19.1 Å². The van der Waals surface area contributed by atoms with E-state index in [4.69, 9.17) is 14.2 Å². The van der Waals surface area contributed by atoms with Gasteiger partial charge in [0.2, 0.25) is 5.91 Å². The molecule has 7 nitrogen and oxygen atoms in total. The highest BCUT2D eigenvalue weighted by Crippen LogP contribution is 2.71. The molecule has 11 heteroatoms. The molecule has 0 spiro atoms. The van der Waals surface area contributed by atoms with Gasteiger partial charge in [-0.05, 0) is 79.5 Å². The molecule has 3 saturated carbocycles. The van der Waals surface area contributed by atoms with Crippen LogP contribution < -0.4 is 9.47 Å². The maximum atomic E-state index is 15.1. The molecule has 1 saturated heterocycles. The van der Waals surface area contributed by atoms with Crippen LogP contribution in [-0.4, -0.2) is 64.5 Å². The van der Waals surface area contributed by atoms with Gasteiger partial charge in [-0.2, -0.15) is 13.2 Å². The van der Waals surface area contributed by atoms with Crippen LogP contribution >= 0.6 is 0 Å². The smallest absolute Gasteiger partial charge is 0.490 e. The minimum atomic E-state index is -5.11. The summed E-state index contributed by atoms with van der Waals surface area (Å²) in [4.78, 5) is 28.8. The second kappa shape index (κ2) is 9.01. The Bertz CT molecular complexity index is 1480. The number of fused-ring (bicyclic) bond motifs is 11. The molecule has 0 radical (unpaired) electrons. The fourth-order valence-electron chi connectivity index (χ4n) is 10.5. The third kappa shape index (κ3) is 3.40. The minimum Gasteiger partial charge on any atom is -0.493 e. The zero-order chi connectivity index (χ0) is 30.9. The molecule has 1 amide bonds. The lowest BCUT2D eigenvalue weighted by molar-refractivity contribution is -0.210. The van der Waals surface area contributed by atoms with Crippen LogP contribution in [0.5, 0.6) is 11.5 Å². The van der Waals surface area contributed by atoms with E-state index >= 15 is 4.21 Å². The molecule has 4 aliphatic carbocycles. The van der Waals surface area contributed by atoms with Gasteiger partial charge >= 0.3 is 12.1 Å². The molecule has 0 N–H and O–H groups in total. The number of allylic oxidation sites excluding steroid dienone is 2. The summed E-state index contributed by atoms with van der Waals surface area (Å²) in [6.45, 7) is 6.54. The fourth-order valence-corrected chi connectivity index (χ4v) is 13.4.